The molecule has 0 heterocycles. The van der Waals surface area contributed by atoms with Gasteiger partial charge in [0.1, 0.15) is 0 Å². The van der Waals surface area contributed by atoms with Crippen LogP contribution in [0, 0.1) is 12.3 Å². The second kappa shape index (κ2) is 8.10. The van der Waals surface area contributed by atoms with Crippen LogP contribution in [0.25, 0.3) is 0 Å². The predicted octanol–water partition coefficient (Wildman–Crippen LogP) is 1.33. The maximum Gasteiger partial charge on any atom is 0.0574 e. The van der Waals surface area contributed by atoms with Gasteiger partial charge in [-0.3, -0.25) is 4.90 Å². The van der Waals surface area contributed by atoms with E-state index in [-0.39, 0.29) is 0 Å². The van der Waals surface area contributed by atoms with Crippen molar-refractivity contribution in [2.24, 2.45) is 0 Å². The Hall–Kier alpha value is -0.520. The minimum Gasteiger partial charge on any atom is -0.305 e. The van der Waals surface area contributed by atoms with E-state index in [0.29, 0.717) is 12.6 Å². The van der Waals surface area contributed by atoms with Crippen LogP contribution in [-0.2, 0) is 0 Å². The number of rotatable bonds is 7. The maximum atomic E-state index is 5.16. The lowest BCUT2D eigenvalue weighted by atomic mass is 10.2. The molecule has 0 aromatic rings. The second-order valence-corrected chi connectivity index (χ2v) is 3.31. The average Bonchev–Trinajstić information content (AvgIpc) is 2.14. The minimum absolute atomic E-state index is 0.582. The Bertz CT molecular complexity index is 149. The summed E-state index contributed by atoms with van der Waals surface area (Å²) in [5.41, 5.74) is 0. The summed E-state index contributed by atoms with van der Waals surface area (Å²) in [6.07, 6.45) is 6.37. The Morgan fingerprint density at radius 2 is 2.15 bits per heavy atom. The predicted molar refractivity (Wildman–Crippen MR) is 58.7 cm³/mol. The molecule has 0 rings (SSSR count). The summed E-state index contributed by atoms with van der Waals surface area (Å²) in [4.78, 5) is 2.46. The van der Waals surface area contributed by atoms with E-state index in [9.17, 15) is 0 Å². The fourth-order valence-electron chi connectivity index (χ4n) is 1.46. The molecule has 1 atom stereocenters. The lowest BCUT2D eigenvalue weighted by Crippen LogP contribution is -2.40. The van der Waals surface area contributed by atoms with Crippen molar-refractivity contribution in [3.8, 4) is 12.3 Å². The molecule has 0 aliphatic rings. The van der Waals surface area contributed by atoms with Crippen LogP contribution in [0.2, 0.25) is 0 Å². The zero-order valence-electron chi connectivity index (χ0n) is 9.14. The fourth-order valence-corrected chi connectivity index (χ4v) is 1.46. The molecule has 0 aromatic carbocycles. The Kier molecular flexibility index (Phi) is 7.77. The first-order valence-corrected chi connectivity index (χ1v) is 5.14. The molecule has 0 fully saturated rings. The zero-order chi connectivity index (χ0) is 10.1. The molecule has 0 spiro atoms. The molecule has 0 aliphatic heterocycles. The van der Waals surface area contributed by atoms with Crippen molar-refractivity contribution in [1.29, 1.82) is 0 Å². The zero-order valence-corrected chi connectivity index (χ0v) is 9.14. The third-order valence-corrected chi connectivity index (χ3v) is 2.21. The summed E-state index contributed by atoms with van der Waals surface area (Å²) in [6.45, 7) is 10.6. The van der Waals surface area contributed by atoms with E-state index in [1.165, 1.54) is 13.0 Å². The summed E-state index contributed by atoms with van der Waals surface area (Å²) < 4.78 is 0. The van der Waals surface area contributed by atoms with Crippen LogP contribution in [0.4, 0.5) is 0 Å². The molecule has 0 saturated heterocycles. The number of hydrogen-bond acceptors (Lipinski definition) is 2. The number of terminal acetylenes is 1. The largest absolute Gasteiger partial charge is 0.305 e. The molecule has 0 aromatic heterocycles. The molecule has 0 radical (unpaired) electrons. The van der Waals surface area contributed by atoms with Gasteiger partial charge in [-0.05, 0) is 26.4 Å². The monoisotopic (exact) mass is 182 g/mol. The Labute approximate surface area is 82.7 Å². The topological polar surface area (TPSA) is 15.3 Å². The van der Waals surface area contributed by atoms with E-state index in [4.69, 9.17) is 6.42 Å². The maximum absolute atomic E-state index is 5.16. The van der Waals surface area contributed by atoms with Crippen molar-refractivity contribution in [3.63, 3.8) is 0 Å². The van der Waals surface area contributed by atoms with Crippen molar-refractivity contribution in [2.45, 2.75) is 33.2 Å². The molecule has 0 aliphatic carbocycles. The number of likely N-dealkylation sites (N-methyl/N-ethyl adjacent to an activating group) is 1. The van der Waals surface area contributed by atoms with Crippen molar-refractivity contribution >= 4 is 0 Å². The molecule has 0 bridgehead atoms. The van der Waals surface area contributed by atoms with Gasteiger partial charge in [-0.1, -0.05) is 19.8 Å². The van der Waals surface area contributed by atoms with Gasteiger partial charge in [-0.2, -0.15) is 0 Å². The van der Waals surface area contributed by atoms with Gasteiger partial charge in [0.25, 0.3) is 0 Å². The molecular formula is C11H22N2. The summed E-state index contributed by atoms with van der Waals surface area (Å²) >= 11 is 0. The van der Waals surface area contributed by atoms with Crippen LogP contribution in [-0.4, -0.2) is 37.1 Å². The van der Waals surface area contributed by atoms with Gasteiger partial charge in [-0.25, -0.2) is 0 Å². The van der Waals surface area contributed by atoms with Crippen LogP contribution in [0.15, 0.2) is 0 Å². The molecule has 0 amide bonds. The summed E-state index contributed by atoms with van der Waals surface area (Å²) in [5.74, 6) is 2.58. The quantitative estimate of drug-likeness (QED) is 0.472. The van der Waals surface area contributed by atoms with Crippen molar-refractivity contribution in [1.82, 2.24) is 10.2 Å². The van der Waals surface area contributed by atoms with E-state index in [1.807, 2.05) is 0 Å². The van der Waals surface area contributed by atoms with Crippen molar-refractivity contribution < 1.29 is 0 Å². The smallest absolute Gasteiger partial charge is 0.0574 e. The Morgan fingerprint density at radius 1 is 1.46 bits per heavy atom. The fraction of sp³-hybridized carbons (Fsp3) is 0.818. The molecule has 2 heteroatoms. The van der Waals surface area contributed by atoms with E-state index in [0.717, 1.165) is 13.1 Å². The van der Waals surface area contributed by atoms with Gasteiger partial charge in [0.05, 0.1) is 6.54 Å². The SMILES string of the molecule is C#CCNCC(C)N(CC)CCC. The molecule has 76 valence electrons. The average molecular weight is 182 g/mol. The van der Waals surface area contributed by atoms with Crippen molar-refractivity contribution in [2.75, 3.05) is 26.2 Å². The molecule has 13 heavy (non-hydrogen) atoms. The highest BCUT2D eigenvalue weighted by atomic mass is 15.2. The van der Waals surface area contributed by atoms with Crippen LogP contribution in [0.5, 0.6) is 0 Å². The first-order valence-electron chi connectivity index (χ1n) is 5.14. The first kappa shape index (κ1) is 12.5. The highest BCUT2D eigenvalue weighted by Crippen LogP contribution is 1.98. The summed E-state index contributed by atoms with van der Waals surface area (Å²) in [6, 6.07) is 0.582. The van der Waals surface area contributed by atoms with Gasteiger partial charge in [0, 0.05) is 12.6 Å². The van der Waals surface area contributed by atoms with Gasteiger partial charge < -0.3 is 5.32 Å². The molecule has 0 saturated carbocycles. The highest BCUT2D eigenvalue weighted by molar-refractivity contribution is 4.87. The van der Waals surface area contributed by atoms with Gasteiger partial charge in [0.2, 0.25) is 0 Å². The number of nitrogens with zero attached hydrogens (tertiary/aromatic N) is 1. The van der Waals surface area contributed by atoms with E-state index < -0.39 is 0 Å². The molecule has 1 N–H and O–H groups in total. The normalized spacial score (nSPS) is 12.8. The van der Waals surface area contributed by atoms with E-state index >= 15 is 0 Å². The van der Waals surface area contributed by atoms with Gasteiger partial charge in [0.15, 0.2) is 0 Å². The second-order valence-electron chi connectivity index (χ2n) is 3.31. The Morgan fingerprint density at radius 3 is 2.62 bits per heavy atom. The Balaban J connectivity index is 3.64. The lowest BCUT2D eigenvalue weighted by Gasteiger charge is -2.27. The van der Waals surface area contributed by atoms with Gasteiger partial charge in [-0.15, -0.1) is 6.42 Å². The van der Waals surface area contributed by atoms with E-state index in [2.05, 4.69) is 36.9 Å². The van der Waals surface area contributed by atoms with Crippen LogP contribution < -0.4 is 5.32 Å². The third-order valence-electron chi connectivity index (χ3n) is 2.21. The minimum atomic E-state index is 0.582. The summed E-state index contributed by atoms with van der Waals surface area (Å²) in [7, 11) is 0. The van der Waals surface area contributed by atoms with Crippen LogP contribution in [0.1, 0.15) is 27.2 Å². The molecule has 2 nitrogen and oxygen atoms in total. The highest BCUT2D eigenvalue weighted by Gasteiger charge is 2.09. The van der Waals surface area contributed by atoms with E-state index in [1.54, 1.807) is 0 Å². The number of nitrogens with one attached hydrogen (secondary N) is 1. The van der Waals surface area contributed by atoms with Crippen LogP contribution >= 0.6 is 0 Å². The molecule has 1 unspecified atom stereocenters. The molecular weight excluding hydrogens is 160 g/mol. The lowest BCUT2D eigenvalue weighted by molar-refractivity contribution is 0.216. The van der Waals surface area contributed by atoms with Gasteiger partial charge >= 0.3 is 0 Å². The third kappa shape index (κ3) is 5.68. The van der Waals surface area contributed by atoms with Crippen molar-refractivity contribution in [3.05, 3.63) is 0 Å². The standard InChI is InChI=1S/C11H22N2/c1-5-8-12-10-11(4)13(7-3)9-6-2/h1,11-12H,6-10H2,2-4H3. The number of hydrogen-bond donors (Lipinski definition) is 1. The summed E-state index contributed by atoms with van der Waals surface area (Å²) in [5, 5.41) is 3.23. The van der Waals surface area contributed by atoms with Crippen LogP contribution in [0.3, 0.4) is 0 Å². The first-order chi connectivity index (χ1) is 6.26.